The molecule has 4 N–H and O–H groups in total. The first kappa shape index (κ1) is 10.7. The lowest BCUT2D eigenvalue weighted by atomic mass is 10.2. The van der Waals surface area contributed by atoms with E-state index in [2.05, 4.69) is 22.1 Å². The fraction of sp³-hybridized carbons (Fsp3) is 0.400. The number of nitrogens with zero attached hydrogens (tertiary/aromatic N) is 3. The molecule has 2 aromatic heterocycles. The van der Waals surface area contributed by atoms with Crippen molar-refractivity contribution >= 4 is 5.82 Å². The number of aliphatic hydroxyl groups is 1. The van der Waals surface area contributed by atoms with Crippen LogP contribution in [0.3, 0.4) is 0 Å². The summed E-state index contributed by atoms with van der Waals surface area (Å²) < 4.78 is 1.91. The highest BCUT2D eigenvalue weighted by Gasteiger charge is 2.19. The van der Waals surface area contributed by atoms with Crippen LogP contribution in [0.5, 0.6) is 0 Å². The van der Waals surface area contributed by atoms with E-state index in [1.807, 2.05) is 10.8 Å². The summed E-state index contributed by atoms with van der Waals surface area (Å²) in [4.78, 5) is 4.15. The predicted octanol–water partition coefficient (Wildman–Crippen LogP) is 0.680. The molecule has 0 radical (unpaired) electrons. The Bertz CT molecular complexity index is 461. The number of imidazole rings is 1. The van der Waals surface area contributed by atoms with Crippen molar-refractivity contribution in [2.75, 3.05) is 5.73 Å². The van der Waals surface area contributed by atoms with Gasteiger partial charge in [0.2, 0.25) is 0 Å². The lowest BCUT2D eigenvalue weighted by molar-refractivity contribution is 0.205. The number of hydrogen-bond acceptors (Lipinski definition) is 4. The molecule has 0 bridgehead atoms. The third kappa shape index (κ3) is 1.79. The smallest absolute Gasteiger partial charge is 0.142 e. The Morgan fingerprint density at radius 2 is 2.44 bits per heavy atom. The van der Waals surface area contributed by atoms with Gasteiger partial charge in [-0.3, -0.25) is 5.10 Å². The number of anilines is 1. The molecule has 1 unspecified atom stereocenters. The van der Waals surface area contributed by atoms with Crippen molar-refractivity contribution < 1.29 is 5.11 Å². The van der Waals surface area contributed by atoms with Gasteiger partial charge in [0.1, 0.15) is 17.7 Å². The molecule has 0 spiro atoms. The van der Waals surface area contributed by atoms with Crippen LogP contribution in [-0.4, -0.2) is 24.9 Å². The quantitative estimate of drug-likeness (QED) is 0.707. The van der Waals surface area contributed by atoms with E-state index in [9.17, 15) is 5.11 Å². The topological polar surface area (TPSA) is 92.7 Å². The number of nitrogens with one attached hydrogen (secondary N) is 1. The zero-order valence-corrected chi connectivity index (χ0v) is 9.09. The average Bonchev–Trinajstić information content (AvgIpc) is 2.87. The number of nitrogen functional groups attached to an aromatic ring is 1. The molecule has 0 aliphatic heterocycles. The second-order valence-corrected chi connectivity index (χ2v) is 3.62. The Hall–Kier alpha value is -1.82. The maximum absolute atomic E-state index is 10.1. The molecule has 0 amide bonds. The molecule has 2 rings (SSSR count). The summed E-state index contributed by atoms with van der Waals surface area (Å²) >= 11 is 0. The maximum Gasteiger partial charge on any atom is 0.142 e. The van der Waals surface area contributed by atoms with Crippen LogP contribution in [0.1, 0.15) is 30.8 Å². The highest BCUT2D eigenvalue weighted by atomic mass is 16.3. The molecule has 0 saturated heterocycles. The van der Waals surface area contributed by atoms with E-state index < -0.39 is 6.10 Å². The summed E-state index contributed by atoms with van der Waals surface area (Å²) in [6.45, 7) is 2.90. The van der Waals surface area contributed by atoms with Crippen LogP contribution < -0.4 is 5.73 Å². The molecule has 1 atom stereocenters. The minimum Gasteiger partial charge on any atom is -0.384 e. The molecule has 2 heterocycles. The summed E-state index contributed by atoms with van der Waals surface area (Å²) in [5, 5.41) is 16.5. The van der Waals surface area contributed by atoms with Crippen LogP contribution in [-0.2, 0) is 6.54 Å². The first-order valence-corrected chi connectivity index (χ1v) is 5.21. The highest BCUT2D eigenvalue weighted by molar-refractivity contribution is 5.40. The fourth-order valence-corrected chi connectivity index (χ4v) is 1.66. The normalized spacial score (nSPS) is 12.9. The van der Waals surface area contributed by atoms with Crippen molar-refractivity contribution in [3.63, 3.8) is 0 Å². The number of H-pyrrole nitrogens is 1. The Morgan fingerprint density at radius 3 is 3.06 bits per heavy atom. The molecular weight excluding hydrogens is 206 g/mol. The van der Waals surface area contributed by atoms with Crippen LogP contribution in [0.4, 0.5) is 5.82 Å². The number of nitrogens with two attached hydrogens (primary N) is 1. The third-order valence-corrected chi connectivity index (χ3v) is 2.45. The Morgan fingerprint density at radius 1 is 1.62 bits per heavy atom. The number of aliphatic hydroxyl groups excluding tert-OH is 1. The van der Waals surface area contributed by atoms with Crippen molar-refractivity contribution in [2.24, 2.45) is 0 Å². The molecule has 16 heavy (non-hydrogen) atoms. The number of rotatable bonds is 4. The van der Waals surface area contributed by atoms with Gasteiger partial charge in [0.25, 0.3) is 0 Å². The predicted molar refractivity (Wildman–Crippen MR) is 59.6 cm³/mol. The second-order valence-electron chi connectivity index (χ2n) is 3.62. The van der Waals surface area contributed by atoms with Crippen LogP contribution in [0.25, 0.3) is 0 Å². The van der Waals surface area contributed by atoms with Crippen LogP contribution in [0, 0.1) is 0 Å². The minimum absolute atomic E-state index is 0.374. The number of aromatic amines is 1. The van der Waals surface area contributed by atoms with Crippen LogP contribution in [0.15, 0.2) is 18.6 Å². The fourth-order valence-electron chi connectivity index (χ4n) is 1.66. The lowest BCUT2D eigenvalue weighted by Crippen LogP contribution is -2.10. The summed E-state index contributed by atoms with van der Waals surface area (Å²) in [7, 11) is 0. The SMILES string of the molecule is CCCn1ccnc1C(O)c1cn[nH]c1N. The minimum atomic E-state index is -0.833. The van der Waals surface area contributed by atoms with Crippen molar-refractivity contribution in [3.8, 4) is 0 Å². The molecule has 2 aromatic rings. The lowest BCUT2D eigenvalue weighted by Gasteiger charge is -2.11. The third-order valence-electron chi connectivity index (χ3n) is 2.45. The van der Waals surface area contributed by atoms with E-state index in [-0.39, 0.29) is 0 Å². The van der Waals surface area contributed by atoms with E-state index in [0.29, 0.717) is 17.2 Å². The summed E-state index contributed by atoms with van der Waals surface area (Å²) in [5.41, 5.74) is 6.22. The molecule has 0 aliphatic carbocycles. The van der Waals surface area contributed by atoms with Gasteiger partial charge in [-0.15, -0.1) is 0 Å². The largest absolute Gasteiger partial charge is 0.384 e. The van der Waals surface area contributed by atoms with E-state index >= 15 is 0 Å². The molecule has 0 fully saturated rings. The van der Waals surface area contributed by atoms with E-state index in [1.54, 1.807) is 6.20 Å². The van der Waals surface area contributed by atoms with Crippen molar-refractivity contribution in [1.82, 2.24) is 19.7 Å². The monoisotopic (exact) mass is 221 g/mol. The van der Waals surface area contributed by atoms with Gasteiger partial charge in [-0.25, -0.2) is 4.98 Å². The highest BCUT2D eigenvalue weighted by Crippen LogP contribution is 2.23. The van der Waals surface area contributed by atoms with E-state index in [0.717, 1.165) is 13.0 Å². The Labute approximate surface area is 93.1 Å². The van der Waals surface area contributed by atoms with Crippen LogP contribution in [0.2, 0.25) is 0 Å². The number of hydrogen-bond donors (Lipinski definition) is 3. The molecule has 6 heteroatoms. The summed E-state index contributed by atoms with van der Waals surface area (Å²) in [5.74, 6) is 0.966. The molecule has 0 saturated carbocycles. The molecule has 0 aromatic carbocycles. The molecular formula is C10H15N5O. The van der Waals surface area contributed by atoms with Gasteiger partial charge >= 0.3 is 0 Å². The van der Waals surface area contributed by atoms with Gasteiger partial charge in [-0.1, -0.05) is 6.92 Å². The molecule has 0 aliphatic rings. The zero-order chi connectivity index (χ0) is 11.5. The standard InChI is InChI=1S/C10H15N5O/c1-2-4-15-5-3-12-10(15)8(16)7-6-13-14-9(7)11/h3,5-6,8,16H,2,4H2,1H3,(H3,11,13,14). The van der Waals surface area contributed by atoms with Gasteiger partial charge in [-0.2, -0.15) is 5.10 Å². The molecule has 86 valence electrons. The van der Waals surface area contributed by atoms with Gasteiger partial charge in [0.05, 0.1) is 6.20 Å². The summed E-state index contributed by atoms with van der Waals surface area (Å²) in [6.07, 6.45) is 5.19. The molecule has 6 nitrogen and oxygen atoms in total. The van der Waals surface area contributed by atoms with Gasteiger partial charge in [0, 0.05) is 24.5 Å². The maximum atomic E-state index is 10.1. The Balaban J connectivity index is 2.30. The van der Waals surface area contributed by atoms with E-state index in [1.165, 1.54) is 6.20 Å². The van der Waals surface area contributed by atoms with Gasteiger partial charge < -0.3 is 15.4 Å². The first-order valence-electron chi connectivity index (χ1n) is 5.21. The second kappa shape index (κ2) is 4.36. The Kier molecular flexibility index (Phi) is 2.91. The van der Waals surface area contributed by atoms with Crippen molar-refractivity contribution in [2.45, 2.75) is 26.0 Å². The van der Waals surface area contributed by atoms with E-state index in [4.69, 9.17) is 5.73 Å². The average molecular weight is 221 g/mol. The number of aryl methyl sites for hydroxylation is 1. The first-order chi connectivity index (χ1) is 7.74. The van der Waals surface area contributed by atoms with Gasteiger partial charge in [-0.05, 0) is 6.42 Å². The van der Waals surface area contributed by atoms with Crippen molar-refractivity contribution in [1.29, 1.82) is 0 Å². The van der Waals surface area contributed by atoms with Crippen LogP contribution >= 0.6 is 0 Å². The van der Waals surface area contributed by atoms with Crippen molar-refractivity contribution in [3.05, 3.63) is 30.0 Å². The number of aromatic nitrogens is 4. The zero-order valence-electron chi connectivity index (χ0n) is 9.09. The van der Waals surface area contributed by atoms with Gasteiger partial charge in [0.15, 0.2) is 0 Å². The summed E-state index contributed by atoms with van der Waals surface area (Å²) in [6, 6.07) is 0.